The Kier molecular flexibility index (Phi) is 1.40. The van der Waals surface area contributed by atoms with E-state index in [2.05, 4.69) is 0 Å². The highest BCUT2D eigenvalue weighted by atomic mass is 16.6. The summed E-state index contributed by atoms with van der Waals surface area (Å²) in [7, 11) is 0. The molecule has 2 saturated heterocycles. The number of esters is 2. The third kappa shape index (κ3) is 0.777. The fraction of sp³-hybridized carbons (Fsp3) is 0.750. The Bertz CT molecular complexity index is 247. The third-order valence-electron chi connectivity index (χ3n) is 2.49. The van der Waals surface area contributed by atoms with Gasteiger partial charge in [-0.3, -0.25) is 9.59 Å². The first-order chi connectivity index (χ1) is 5.65. The molecule has 2 aliphatic rings. The molecule has 0 radical (unpaired) electrons. The van der Waals surface area contributed by atoms with Gasteiger partial charge in [0.2, 0.25) is 0 Å². The molecular weight excluding hydrogens is 160 g/mol. The van der Waals surface area contributed by atoms with Crippen LogP contribution < -0.4 is 0 Å². The summed E-state index contributed by atoms with van der Waals surface area (Å²) in [5, 5.41) is 0. The Balaban J connectivity index is 2.31. The first kappa shape index (κ1) is 7.58. The summed E-state index contributed by atoms with van der Waals surface area (Å²) in [6, 6.07) is 0. The molecule has 66 valence electrons. The number of rotatable bonds is 0. The molecule has 2 rings (SSSR count). The van der Waals surface area contributed by atoms with E-state index in [1.54, 1.807) is 6.92 Å². The molecule has 0 saturated carbocycles. The van der Waals surface area contributed by atoms with E-state index in [-0.39, 0.29) is 6.10 Å². The summed E-state index contributed by atoms with van der Waals surface area (Å²) in [6.45, 7) is 2.14. The maximum Gasteiger partial charge on any atom is 0.324 e. The van der Waals surface area contributed by atoms with Crippen molar-refractivity contribution in [2.45, 2.75) is 25.9 Å². The minimum atomic E-state index is -0.945. The highest BCUT2D eigenvalue weighted by molar-refractivity contribution is 6.02. The zero-order chi connectivity index (χ0) is 8.77. The maximum atomic E-state index is 11.3. The van der Waals surface area contributed by atoms with Crippen LogP contribution in [0.15, 0.2) is 0 Å². The number of cyclic esters (lactones) is 2. The van der Waals surface area contributed by atoms with Crippen LogP contribution in [-0.2, 0) is 19.1 Å². The van der Waals surface area contributed by atoms with Gasteiger partial charge in [-0.25, -0.2) is 0 Å². The van der Waals surface area contributed by atoms with E-state index in [1.807, 2.05) is 0 Å². The van der Waals surface area contributed by atoms with Gasteiger partial charge in [-0.15, -0.1) is 0 Å². The standard InChI is InChI=1S/C8H10O4/c1-5-4-8(7(10)12-5)2-3-11-6(8)9/h5H,2-4H2,1H3. The number of carbonyl (C=O) groups excluding carboxylic acids is 2. The van der Waals surface area contributed by atoms with E-state index in [9.17, 15) is 9.59 Å². The average Bonchev–Trinajstić information content (AvgIpc) is 2.44. The molecule has 2 atom stereocenters. The van der Waals surface area contributed by atoms with Crippen LogP contribution in [0, 0.1) is 5.41 Å². The predicted octanol–water partition coefficient (Wildman–Crippen LogP) is 0.255. The summed E-state index contributed by atoms with van der Waals surface area (Å²) in [5.41, 5.74) is -0.945. The molecule has 0 N–H and O–H groups in total. The van der Waals surface area contributed by atoms with Crippen molar-refractivity contribution in [1.82, 2.24) is 0 Å². The van der Waals surface area contributed by atoms with Gasteiger partial charge >= 0.3 is 11.9 Å². The molecule has 0 aromatic carbocycles. The maximum absolute atomic E-state index is 11.3. The lowest BCUT2D eigenvalue weighted by Gasteiger charge is -2.10. The van der Waals surface area contributed by atoms with Crippen LogP contribution in [0.25, 0.3) is 0 Å². The highest BCUT2D eigenvalue weighted by Crippen LogP contribution is 2.41. The van der Waals surface area contributed by atoms with Crippen molar-refractivity contribution in [3.63, 3.8) is 0 Å². The Morgan fingerprint density at radius 1 is 1.42 bits per heavy atom. The first-order valence-corrected chi connectivity index (χ1v) is 4.03. The molecule has 4 nitrogen and oxygen atoms in total. The van der Waals surface area contributed by atoms with E-state index in [4.69, 9.17) is 9.47 Å². The number of hydrogen-bond acceptors (Lipinski definition) is 4. The van der Waals surface area contributed by atoms with Crippen LogP contribution in [0.4, 0.5) is 0 Å². The van der Waals surface area contributed by atoms with Crippen molar-refractivity contribution in [2.75, 3.05) is 6.61 Å². The van der Waals surface area contributed by atoms with Crippen LogP contribution in [-0.4, -0.2) is 24.6 Å². The third-order valence-corrected chi connectivity index (χ3v) is 2.49. The van der Waals surface area contributed by atoms with Gasteiger partial charge in [-0.1, -0.05) is 0 Å². The van der Waals surface area contributed by atoms with Gasteiger partial charge in [0.15, 0.2) is 5.41 Å². The van der Waals surface area contributed by atoms with E-state index in [0.29, 0.717) is 19.4 Å². The fourth-order valence-electron chi connectivity index (χ4n) is 1.84. The molecule has 4 heteroatoms. The molecule has 2 aliphatic heterocycles. The molecule has 0 aromatic heterocycles. The second-order valence-electron chi connectivity index (χ2n) is 3.39. The van der Waals surface area contributed by atoms with E-state index in [1.165, 1.54) is 0 Å². The van der Waals surface area contributed by atoms with Crippen molar-refractivity contribution in [3.8, 4) is 0 Å². The molecule has 12 heavy (non-hydrogen) atoms. The Morgan fingerprint density at radius 3 is 2.58 bits per heavy atom. The van der Waals surface area contributed by atoms with Gasteiger partial charge in [0.1, 0.15) is 6.10 Å². The molecule has 0 bridgehead atoms. The van der Waals surface area contributed by atoms with E-state index < -0.39 is 17.4 Å². The van der Waals surface area contributed by atoms with Crippen molar-refractivity contribution in [2.24, 2.45) is 5.41 Å². The molecule has 0 aromatic rings. The molecular formula is C8H10O4. The number of carbonyl (C=O) groups is 2. The van der Waals surface area contributed by atoms with Gasteiger partial charge in [-0.2, -0.15) is 0 Å². The lowest BCUT2D eigenvalue weighted by molar-refractivity contribution is -0.157. The lowest BCUT2D eigenvalue weighted by atomic mass is 9.84. The Hall–Kier alpha value is -1.06. The molecule has 2 unspecified atom stereocenters. The molecule has 2 fully saturated rings. The normalized spacial score (nSPS) is 40.2. The van der Waals surface area contributed by atoms with Gasteiger partial charge in [0.05, 0.1) is 6.61 Å². The minimum absolute atomic E-state index is 0.150. The zero-order valence-electron chi connectivity index (χ0n) is 6.83. The molecule has 1 spiro atoms. The largest absolute Gasteiger partial charge is 0.465 e. The van der Waals surface area contributed by atoms with Crippen LogP contribution in [0.3, 0.4) is 0 Å². The molecule has 0 amide bonds. The summed E-state index contributed by atoms with van der Waals surface area (Å²) in [5.74, 6) is -0.811. The summed E-state index contributed by atoms with van der Waals surface area (Å²) >= 11 is 0. The van der Waals surface area contributed by atoms with Crippen molar-refractivity contribution in [3.05, 3.63) is 0 Å². The van der Waals surface area contributed by atoms with Crippen molar-refractivity contribution in [1.29, 1.82) is 0 Å². The van der Waals surface area contributed by atoms with E-state index >= 15 is 0 Å². The lowest BCUT2D eigenvalue weighted by Crippen LogP contribution is -2.31. The quantitative estimate of drug-likeness (QED) is 0.386. The SMILES string of the molecule is CC1CC2(CCOC2=O)C(=O)O1. The van der Waals surface area contributed by atoms with Crippen molar-refractivity contribution >= 4 is 11.9 Å². The number of hydrogen-bond donors (Lipinski definition) is 0. The molecule has 0 aliphatic carbocycles. The topological polar surface area (TPSA) is 52.6 Å². The van der Waals surface area contributed by atoms with Crippen LogP contribution in [0.1, 0.15) is 19.8 Å². The van der Waals surface area contributed by atoms with Gasteiger partial charge in [0, 0.05) is 12.8 Å². The summed E-state index contributed by atoms with van der Waals surface area (Å²) in [4.78, 5) is 22.5. The van der Waals surface area contributed by atoms with Gasteiger partial charge in [0.25, 0.3) is 0 Å². The van der Waals surface area contributed by atoms with Gasteiger partial charge < -0.3 is 9.47 Å². The van der Waals surface area contributed by atoms with Crippen molar-refractivity contribution < 1.29 is 19.1 Å². The van der Waals surface area contributed by atoms with Crippen LogP contribution in [0.5, 0.6) is 0 Å². The summed E-state index contributed by atoms with van der Waals surface area (Å²) in [6.07, 6.45) is 0.808. The Labute approximate surface area is 69.8 Å². The fourth-order valence-corrected chi connectivity index (χ4v) is 1.84. The first-order valence-electron chi connectivity index (χ1n) is 4.03. The Morgan fingerprint density at radius 2 is 2.17 bits per heavy atom. The zero-order valence-corrected chi connectivity index (χ0v) is 6.83. The minimum Gasteiger partial charge on any atom is -0.465 e. The second kappa shape index (κ2) is 2.21. The highest BCUT2D eigenvalue weighted by Gasteiger charge is 2.57. The molecule has 2 heterocycles. The predicted molar refractivity (Wildman–Crippen MR) is 38.2 cm³/mol. The summed E-state index contributed by atoms with van der Waals surface area (Å²) < 4.78 is 9.70. The number of ether oxygens (including phenoxy) is 2. The average molecular weight is 170 g/mol. The monoisotopic (exact) mass is 170 g/mol. The second-order valence-corrected chi connectivity index (χ2v) is 3.39. The van der Waals surface area contributed by atoms with Crippen LogP contribution in [0.2, 0.25) is 0 Å². The van der Waals surface area contributed by atoms with Crippen LogP contribution >= 0.6 is 0 Å². The smallest absolute Gasteiger partial charge is 0.324 e. The van der Waals surface area contributed by atoms with Gasteiger partial charge in [-0.05, 0) is 6.92 Å². The van der Waals surface area contributed by atoms with E-state index in [0.717, 1.165) is 0 Å².